The summed E-state index contributed by atoms with van der Waals surface area (Å²) in [5, 5.41) is 0. The Bertz CT molecular complexity index is 164. The molecule has 0 aliphatic carbocycles. The topological polar surface area (TPSA) is 55.1 Å². The van der Waals surface area contributed by atoms with E-state index in [2.05, 4.69) is 5.84 Å². The Balaban J connectivity index is 3.92. The minimum Gasteiger partial charge on any atom is -0.294 e. The van der Waals surface area contributed by atoms with Crippen LogP contribution in [-0.2, 0) is 4.79 Å². The van der Waals surface area contributed by atoms with Crippen LogP contribution < -0.4 is 11.3 Å². The first-order valence-corrected chi connectivity index (χ1v) is 2.27. The number of hydrazine groups is 1. The van der Waals surface area contributed by atoms with Crippen LogP contribution in [0.15, 0.2) is 11.9 Å². The van der Waals surface area contributed by atoms with Crippen molar-refractivity contribution >= 4 is 5.91 Å². The smallest absolute Gasteiger partial charge is 0.294 e. The summed E-state index contributed by atoms with van der Waals surface area (Å²) in [7, 11) is 0. The average molecular weight is 154 g/mol. The molecule has 0 fully saturated rings. The third-order valence-corrected chi connectivity index (χ3v) is 0.682. The van der Waals surface area contributed by atoms with Crippen LogP contribution in [-0.4, -0.2) is 5.91 Å². The van der Waals surface area contributed by atoms with Crippen molar-refractivity contribution in [1.29, 1.82) is 0 Å². The van der Waals surface area contributed by atoms with Gasteiger partial charge in [0.1, 0.15) is 0 Å². The molecule has 0 spiro atoms. The summed E-state index contributed by atoms with van der Waals surface area (Å²) < 4.78 is 34.2. The number of carbonyl (C=O) groups excluding carboxylic acids is 1. The van der Waals surface area contributed by atoms with Crippen molar-refractivity contribution in [3.05, 3.63) is 11.9 Å². The molecule has 58 valence electrons. The Morgan fingerprint density at radius 2 is 1.90 bits per heavy atom. The van der Waals surface area contributed by atoms with E-state index in [1.807, 2.05) is 0 Å². The second-order valence-electron chi connectivity index (χ2n) is 1.41. The summed E-state index contributed by atoms with van der Waals surface area (Å²) in [5.74, 6) is 1.73. The van der Waals surface area contributed by atoms with Gasteiger partial charge in [0, 0.05) is 0 Å². The number of hydrogen-bond acceptors (Lipinski definition) is 2. The van der Waals surface area contributed by atoms with E-state index in [9.17, 15) is 18.0 Å². The average Bonchev–Trinajstić information content (AvgIpc) is 1.87. The molecule has 0 saturated heterocycles. The van der Waals surface area contributed by atoms with Crippen molar-refractivity contribution in [2.45, 2.75) is 6.42 Å². The molecule has 0 saturated carbocycles. The zero-order chi connectivity index (χ0) is 8.15. The molecule has 6 heteroatoms. The molecule has 3 N–H and O–H groups in total. The number of halogens is 3. The maximum absolute atomic E-state index is 11.8. The maximum atomic E-state index is 11.8. The van der Waals surface area contributed by atoms with Gasteiger partial charge < -0.3 is 0 Å². The van der Waals surface area contributed by atoms with Crippen molar-refractivity contribution in [3.63, 3.8) is 0 Å². The molecule has 10 heavy (non-hydrogen) atoms. The quantitative estimate of drug-likeness (QED) is 0.344. The van der Waals surface area contributed by atoms with Gasteiger partial charge in [0.05, 0.1) is 6.42 Å². The zero-order valence-corrected chi connectivity index (χ0v) is 4.83. The molecule has 0 bridgehead atoms. The van der Waals surface area contributed by atoms with Crippen LogP contribution in [0.2, 0.25) is 0 Å². The predicted molar refractivity (Wildman–Crippen MR) is 27.3 cm³/mol. The standard InChI is InChI=1S/C4H5F3N2O/c5-2(4(6)7)1-3(10)9-8/h1,8H2,(H,9,10). The highest BCUT2D eigenvalue weighted by Crippen LogP contribution is 2.11. The maximum Gasteiger partial charge on any atom is 0.302 e. The molecule has 1 amide bonds. The van der Waals surface area contributed by atoms with Crippen LogP contribution in [0.5, 0.6) is 0 Å². The molecule has 0 aliphatic heterocycles. The van der Waals surface area contributed by atoms with Crippen molar-refractivity contribution in [2.75, 3.05) is 0 Å². The monoisotopic (exact) mass is 154 g/mol. The van der Waals surface area contributed by atoms with Gasteiger partial charge in [-0.1, -0.05) is 0 Å². The first kappa shape index (κ1) is 8.96. The lowest BCUT2D eigenvalue weighted by molar-refractivity contribution is -0.120. The highest BCUT2D eigenvalue weighted by atomic mass is 19.3. The number of nitrogens with two attached hydrogens (primary N) is 1. The first-order chi connectivity index (χ1) is 4.57. The van der Waals surface area contributed by atoms with Gasteiger partial charge in [-0.3, -0.25) is 10.2 Å². The minimum atomic E-state index is -2.50. The second kappa shape index (κ2) is 3.89. The van der Waals surface area contributed by atoms with Gasteiger partial charge in [-0.2, -0.15) is 8.78 Å². The lowest BCUT2D eigenvalue weighted by atomic mass is 10.4. The minimum absolute atomic E-state index is 0.995. The number of amides is 1. The highest BCUT2D eigenvalue weighted by molar-refractivity contribution is 5.77. The lowest BCUT2D eigenvalue weighted by Crippen LogP contribution is -2.29. The van der Waals surface area contributed by atoms with E-state index in [4.69, 9.17) is 0 Å². The van der Waals surface area contributed by atoms with Gasteiger partial charge in [0.15, 0.2) is 5.83 Å². The molecule has 0 aromatic rings. The number of nitrogens with one attached hydrogen (secondary N) is 1. The predicted octanol–water partition coefficient (Wildman–Crippen LogP) is 0.444. The van der Waals surface area contributed by atoms with Gasteiger partial charge >= 0.3 is 6.08 Å². The summed E-state index contributed by atoms with van der Waals surface area (Å²) in [6, 6.07) is 0. The summed E-state index contributed by atoms with van der Waals surface area (Å²) in [5.41, 5.74) is 1.50. The second-order valence-corrected chi connectivity index (χ2v) is 1.41. The van der Waals surface area contributed by atoms with Gasteiger partial charge in [-0.05, 0) is 0 Å². The fourth-order valence-corrected chi connectivity index (χ4v) is 0.259. The van der Waals surface area contributed by atoms with Crippen molar-refractivity contribution < 1.29 is 18.0 Å². The molecule has 3 nitrogen and oxygen atoms in total. The lowest BCUT2D eigenvalue weighted by Gasteiger charge is -1.93. The summed E-state index contributed by atoms with van der Waals surface area (Å²) in [6.45, 7) is 0. The van der Waals surface area contributed by atoms with Crippen molar-refractivity contribution in [1.82, 2.24) is 5.43 Å². The van der Waals surface area contributed by atoms with Gasteiger partial charge in [-0.15, -0.1) is 0 Å². The fourth-order valence-electron chi connectivity index (χ4n) is 0.259. The van der Waals surface area contributed by atoms with Crippen LogP contribution in [0, 0.1) is 0 Å². The third-order valence-electron chi connectivity index (χ3n) is 0.682. The van der Waals surface area contributed by atoms with E-state index < -0.39 is 24.2 Å². The molecule has 0 heterocycles. The van der Waals surface area contributed by atoms with Gasteiger partial charge in [0.2, 0.25) is 5.91 Å². The molecule has 0 aromatic heterocycles. The molecular weight excluding hydrogens is 149 g/mol. The molecule has 0 aliphatic rings. The third kappa shape index (κ3) is 3.08. The Morgan fingerprint density at radius 3 is 2.20 bits per heavy atom. The summed E-state index contributed by atoms with van der Waals surface area (Å²) in [4.78, 5) is 10.1. The molecule has 0 aromatic carbocycles. The summed E-state index contributed by atoms with van der Waals surface area (Å²) in [6.07, 6.45) is -3.51. The van der Waals surface area contributed by atoms with Gasteiger partial charge in [-0.25, -0.2) is 10.2 Å². The van der Waals surface area contributed by atoms with Crippen LogP contribution in [0.4, 0.5) is 13.2 Å². The van der Waals surface area contributed by atoms with Crippen LogP contribution in [0.3, 0.4) is 0 Å². The number of rotatable bonds is 2. The van der Waals surface area contributed by atoms with Crippen LogP contribution in [0.1, 0.15) is 6.42 Å². The Morgan fingerprint density at radius 1 is 1.40 bits per heavy atom. The van der Waals surface area contributed by atoms with Gasteiger partial charge in [0.25, 0.3) is 0 Å². The Hall–Kier alpha value is -1.04. The zero-order valence-electron chi connectivity index (χ0n) is 4.83. The SMILES string of the molecule is NNC(=O)CC(F)=C(F)F. The van der Waals surface area contributed by atoms with E-state index in [1.165, 1.54) is 5.43 Å². The molecule has 0 unspecified atom stereocenters. The molecule has 0 radical (unpaired) electrons. The van der Waals surface area contributed by atoms with E-state index >= 15 is 0 Å². The van der Waals surface area contributed by atoms with E-state index in [-0.39, 0.29) is 0 Å². The van der Waals surface area contributed by atoms with Crippen molar-refractivity contribution in [3.8, 4) is 0 Å². The van der Waals surface area contributed by atoms with Crippen LogP contribution in [0.25, 0.3) is 0 Å². The molecule has 0 atom stereocenters. The van der Waals surface area contributed by atoms with E-state index in [1.54, 1.807) is 0 Å². The molecule has 0 rings (SSSR count). The fraction of sp³-hybridized carbons (Fsp3) is 0.250. The van der Waals surface area contributed by atoms with E-state index in [0.29, 0.717) is 0 Å². The Kier molecular flexibility index (Phi) is 3.48. The largest absolute Gasteiger partial charge is 0.302 e. The first-order valence-electron chi connectivity index (χ1n) is 2.27. The van der Waals surface area contributed by atoms with E-state index in [0.717, 1.165) is 0 Å². The summed E-state index contributed by atoms with van der Waals surface area (Å²) >= 11 is 0. The number of hydrogen-bond donors (Lipinski definition) is 2. The van der Waals surface area contributed by atoms with Crippen molar-refractivity contribution in [2.24, 2.45) is 5.84 Å². The normalized spacial score (nSPS) is 8.80. The molecular formula is C4H5F3N2O. The van der Waals surface area contributed by atoms with Crippen LogP contribution >= 0.6 is 0 Å². The number of carbonyl (C=O) groups is 1. The highest BCUT2D eigenvalue weighted by Gasteiger charge is 2.09. The Labute approximate surface area is 54.7 Å².